The van der Waals surface area contributed by atoms with Gasteiger partial charge in [0.2, 0.25) is 0 Å². The van der Waals surface area contributed by atoms with Crippen molar-refractivity contribution in [3.05, 3.63) is 30.0 Å². The van der Waals surface area contributed by atoms with Gasteiger partial charge in [-0.3, -0.25) is 4.79 Å². The minimum Gasteiger partial charge on any atom is -0.481 e. The fourth-order valence-electron chi connectivity index (χ4n) is 1.69. The molecular formula is C11H10N4O2. The molecule has 2 rings (SSSR count). The van der Waals surface area contributed by atoms with E-state index in [9.17, 15) is 4.79 Å². The molecule has 0 amide bonds. The monoisotopic (exact) mass is 230 g/mol. The Bertz CT molecular complexity index is 506. The summed E-state index contributed by atoms with van der Waals surface area (Å²) in [6.07, 6.45) is 5.31. The standard InChI is InChI=1S/C11H10N4O2/c12-6-8-3-4-13-15-10(8)14-9-2-1-7(5-9)11(16)17/h1-4,7,9H,5H2,(H,14,15)(H,16,17). The summed E-state index contributed by atoms with van der Waals surface area (Å²) in [7, 11) is 0. The number of hydrogen-bond donors (Lipinski definition) is 2. The van der Waals surface area contributed by atoms with Crippen LogP contribution in [0.1, 0.15) is 12.0 Å². The number of aromatic nitrogens is 2. The summed E-state index contributed by atoms with van der Waals surface area (Å²) in [5.74, 6) is -0.935. The molecule has 0 spiro atoms. The molecule has 0 aliphatic heterocycles. The molecule has 1 heterocycles. The molecule has 2 atom stereocenters. The predicted octanol–water partition coefficient (Wildman–Crippen LogP) is 0.789. The average Bonchev–Trinajstić information content (AvgIpc) is 2.78. The minimum absolute atomic E-state index is 0.125. The first-order chi connectivity index (χ1) is 8.20. The molecule has 1 aliphatic rings. The van der Waals surface area contributed by atoms with Gasteiger partial charge in [-0.05, 0) is 12.5 Å². The van der Waals surface area contributed by atoms with E-state index < -0.39 is 11.9 Å². The summed E-state index contributed by atoms with van der Waals surface area (Å²) in [6.45, 7) is 0. The van der Waals surface area contributed by atoms with Crippen molar-refractivity contribution in [3.63, 3.8) is 0 Å². The van der Waals surface area contributed by atoms with E-state index in [1.807, 2.05) is 6.07 Å². The Balaban J connectivity index is 2.06. The lowest BCUT2D eigenvalue weighted by Gasteiger charge is -2.12. The van der Waals surface area contributed by atoms with Crippen molar-refractivity contribution in [2.75, 3.05) is 5.32 Å². The van der Waals surface area contributed by atoms with Crippen LogP contribution in [0.2, 0.25) is 0 Å². The summed E-state index contributed by atoms with van der Waals surface area (Å²) < 4.78 is 0. The van der Waals surface area contributed by atoms with Crippen molar-refractivity contribution >= 4 is 11.8 Å². The van der Waals surface area contributed by atoms with Crippen molar-refractivity contribution in [1.82, 2.24) is 10.2 Å². The van der Waals surface area contributed by atoms with E-state index in [-0.39, 0.29) is 6.04 Å². The zero-order chi connectivity index (χ0) is 12.3. The largest absolute Gasteiger partial charge is 0.481 e. The summed E-state index contributed by atoms with van der Waals surface area (Å²) in [5.41, 5.74) is 0.396. The molecule has 6 heteroatoms. The molecule has 0 radical (unpaired) electrons. The highest BCUT2D eigenvalue weighted by atomic mass is 16.4. The molecule has 86 valence electrons. The summed E-state index contributed by atoms with van der Waals surface area (Å²) in [5, 5.41) is 28.2. The Morgan fingerprint density at radius 1 is 1.59 bits per heavy atom. The number of carbonyl (C=O) groups is 1. The molecule has 1 aromatic heterocycles. The second-order valence-corrected chi connectivity index (χ2v) is 3.72. The second kappa shape index (κ2) is 4.61. The number of nitrogens with one attached hydrogen (secondary N) is 1. The van der Waals surface area contributed by atoms with Crippen molar-refractivity contribution in [2.24, 2.45) is 5.92 Å². The number of carboxylic acid groups (broad SMARTS) is 1. The SMILES string of the molecule is N#Cc1ccnnc1NC1C=CC(C(=O)O)C1. The van der Waals surface area contributed by atoms with Crippen LogP contribution in [0.3, 0.4) is 0 Å². The first-order valence-corrected chi connectivity index (χ1v) is 5.10. The van der Waals surface area contributed by atoms with Crippen LogP contribution in [-0.2, 0) is 4.79 Å². The molecule has 0 fully saturated rings. The smallest absolute Gasteiger partial charge is 0.310 e. The zero-order valence-corrected chi connectivity index (χ0v) is 8.87. The number of anilines is 1. The van der Waals surface area contributed by atoms with Gasteiger partial charge < -0.3 is 10.4 Å². The quantitative estimate of drug-likeness (QED) is 0.745. The van der Waals surface area contributed by atoms with E-state index in [2.05, 4.69) is 15.5 Å². The van der Waals surface area contributed by atoms with Gasteiger partial charge in [0.15, 0.2) is 5.82 Å². The van der Waals surface area contributed by atoms with Gasteiger partial charge in [0.1, 0.15) is 6.07 Å². The molecule has 17 heavy (non-hydrogen) atoms. The Labute approximate surface area is 97.6 Å². The van der Waals surface area contributed by atoms with E-state index >= 15 is 0 Å². The van der Waals surface area contributed by atoms with Crippen molar-refractivity contribution in [2.45, 2.75) is 12.5 Å². The minimum atomic E-state index is -0.842. The average molecular weight is 230 g/mol. The van der Waals surface area contributed by atoms with Crippen LogP contribution in [0.15, 0.2) is 24.4 Å². The Morgan fingerprint density at radius 2 is 2.41 bits per heavy atom. The van der Waals surface area contributed by atoms with Gasteiger partial charge in [0.25, 0.3) is 0 Å². The van der Waals surface area contributed by atoms with E-state index in [0.29, 0.717) is 17.8 Å². The second-order valence-electron chi connectivity index (χ2n) is 3.72. The van der Waals surface area contributed by atoms with Crippen molar-refractivity contribution in [3.8, 4) is 6.07 Å². The third-order valence-corrected chi connectivity index (χ3v) is 2.56. The summed E-state index contributed by atoms with van der Waals surface area (Å²) in [6, 6.07) is 3.43. The fraction of sp³-hybridized carbons (Fsp3) is 0.273. The van der Waals surface area contributed by atoms with Crippen LogP contribution in [-0.4, -0.2) is 27.3 Å². The van der Waals surface area contributed by atoms with Crippen molar-refractivity contribution < 1.29 is 9.90 Å². The van der Waals surface area contributed by atoms with Crippen LogP contribution in [0.4, 0.5) is 5.82 Å². The first kappa shape index (κ1) is 11.1. The van der Waals surface area contributed by atoms with Crippen LogP contribution in [0.5, 0.6) is 0 Å². The lowest BCUT2D eigenvalue weighted by Crippen LogP contribution is -2.20. The molecule has 0 saturated carbocycles. The third kappa shape index (κ3) is 2.39. The van der Waals surface area contributed by atoms with E-state index in [4.69, 9.17) is 10.4 Å². The van der Waals surface area contributed by atoms with Gasteiger partial charge in [-0.1, -0.05) is 12.2 Å². The molecule has 2 unspecified atom stereocenters. The normalized spacial score (nSPS) is 22.1. The molecule has 2 N–H and O–H groups in total. The third-order valence-electron chi connectivity index (χ3n) is 2.56. The molecule has 0 saturated heterocycles. The maximum absolute atomic E-state index is 10.8. The van der Waals surface area contributed by atoms with Gasteiger partial charge in [-0.15, -0.1) is 5.10 Å². The van der Waals surface area contributed by atoms with Crippen LogP contribution >= 0.6 is 0 Å². The highest BCUT2D eigenvalue weighted by Crippen LogP contribution is 2.21. The van der Waals surface area contributed by atoms with Crippen LogP contribution < -0.4 is 5.32 Å². The van der Waals surface area contributed by atoms with Crippen molar-refractivity contribution in [1.29, 1.82) is 5.26 Å². The Morgan fingerprint density at radius 3 is 3.06 bits per heavy atom. The number of carboxylic acids is 1. The topological polar surface area (TPSA) is 98.9 Å². The first-order valence-electron chi connectivity index (χ1n) is 5.10. The predicted molar refractivity (Wildman–Crippen MR) is 59.0 cm³/mol. The molecule has 1 aliphatic carbocycles. The summed E-state index contributed by atoms with van der Waals surface area (Å²) >= 11 is 0. The van der Waals surface area contributed by atoms with E-state index in [0.717, 1.165) is 0 Å². The molecule has 6 nitrogen and oxygen atoms in total. The number of aliphatic carboxylic acids is 1. The Kier molecular flexibility index (Phi) is 3.01. The lowest BCUT2D eigenvalue weighted by molar-refractivity contribution is -0.140. The molecule has 0 aromatic carbocycles. The van der Waals surface area contributed by atoms with Gasteiger partial charge >= 0.3 is 5.97 Å². The maximum atomic E-state index is 10.8. The molecular weight excluding hydrogens is 220 g/mol. The fourth-order valence-corrected chi connectivity index (χ4v) is 1.69. The van der Waals surface area contributed by atoms with Gasteiger partial charge in [-0.2, -0.15) is 10.4 Å². The van der Waals surface area contributed by atoms with E-state index in [1.165, 1.54) is 6.20 Å². The molecule has 1 aromatic rings. The van der Waals surface area contributed by atoms with Crippen LogP contribution in [0.25, 0.3) is 0 Å². The van der Waals surface area contributed by atoms with Crippen LogP contribution in [0, 0.1) is 17.2 Å². The summed E-state index contributed by atoms with van der Waals surface area (Å²) in [4.78, 5) is 10.8. The van der Waals surface area contributed by atoms with Gasteiger partial charge in [0.05, 0.1) is 17.7 Å². The molecule has 0 bridgehead atoms. The maximum Gasteiger partial charge on any atom is 0.310 e. The van der Waals surface area contributed by atoms with Gasteiger partial charge in [0, 0.05) is 6.04 Å². The lowest BCUT2D eigenvalue weighted by atomic mass is 10.1. The highest BCUT2D eigenvalue weighted by Gasteiger charge is 2.24. The highest BCUT2D eigenvalue weighted by molar-refractivity contribution is 5.73. The van der Waals surface area contributed by atoms with Gasteiger partial charge in [-0.25, -0.2) is 0 Å². The number of nitrogens with zero attached hydrogens (tertiary/aromatic N) is 3. The van der Waals surface area contributed by atoms with E-state index in [1.54, 1.807) is 18.2 Å². The Hall–Kier alpha value is -2.42. The number of rotatable bonds is 3. The zero-order valence-electron chi connectivity index (χ0n) is 8.87. The number of nitriles is 1. The number of hydrogen-bond acceptors (Lipinski definition) is 5.